The van der Waals surface area contributed by atoms with Crippen LogP contribution in [0, 0.1) is 0 Å². The number of hydrogen-bond donors (Lipinski definition) is 2. The van der Waals surface area contributed by atoms with Crippen molar-refractivity contribution in [1.29, 1.82) is 0 Å². The monoisotopic (exact) mass is 249 g/mol. The van der Waals surface area contributed by atoms with Crippen LogP contribution in [-0.4, -0.2) is 22.7 Å². The van der Waals surface area contributed by atoms with Crippen LogP contribution in [0.15, 0.2) is 18.2 Å². The molecule has 1 aromatic rings. The highest BCUT2D eigenvalue weighted by molar-refractivity contribution is 5.72. The Hall–Kier alpha value is -1.55. The highest BCUT2D eigenvalue weighted by atomic mass is 16.5. The summed E-state index contributed by atoms with van der Waals surface area (Å²) in [7, 11) is 0. The third-order valence-corrected chi connectivity index (χ3v) is 3.14. The molecule has 0 saturated heterocycles. The summed E-state index contributed by atoms with van der Waals surface area (Å²) in [5.41, 5.74) is 2.05. The molecule has 1 aromatic carbocycles. The number of fused-ring (bicyclic) bond motifs is 1. The Bertz CT molecular complexity index is 468. The largest absolute Gasteiger partial charge is 0.487 e. The van der Waals surface area contributed by atoms with Crippen LogP contribution in [0.3, 0.4) is 0 Å². The van der Waals surface area contributed by atoms with Gasteiger partial charge in [0.05, 0.1) is 0 Å². The minimum Gasteiger partial charge on any atom is -0.487 e. The Morgan fingerprint density at radius 2 is 2.28 bits per heavy atom. The normalized spacial score (nSPS) is 17.9. The molecule has 0 radical (unpaired) electrons. The van der Waals surface area contributed by atoms with Crippen LogP contribution in [0.5, 0.6) is 5.75 Å². The van der Waals surface area contributed by atoms with Crippen LogP contribution in [0.1, 0.15) is 31.9 Å². The second-order valence-electron chi connectivity index (χ2n) is 5.38. The van der Waals surface area contributed by atoms with E-state index in [4.69, 9.17) is 9.84 Å². The molecule has 2 rings (SSSR count). The van der Waals surface area contributed by atoms with Crippen molar-refractivity contribution in [3.05, 3.63) is 29.3 Å². The van der Waals surface area contributed by atoms with Crippen molar-refractivity contribution in [3.8, 4) is 5.75 Å². The van der Waals surface area contributed by atoms with Gasteiger partial charge in [-0.25, -0.2) is 0 Å². The fraction of sp³-hybridized carbons (Fsp3) is 0.500. The number of aliphatic carboxylic acids is 1. The molecule has 4 nitrogen and oxygen atoms in total. The van der Waals surface area contributed by atoms with Gasteiger partial charge in [-0.05, 0) is 26.3 Å². The lowest BCUT2D eigenvalue weighted by Crippen LogP contribution is -2.33. The number of nitrogens with one attached hydrogen (secondary N) is 1. The summed E-state index contributed by atoms with van der Waals surface area (Å²) in [5.74, 6) is 0.0661. The Labute approximate surface area is 107 Å². The SMILES string of the molecule is CC(NCc1cccc2c1OC(C)(C)C2)C(=O)O. The summed E-state index contributed by atoms with van der Waals surface area (Å²) in [4.78, 5) is 10.8. The minimum absolute atomic E-state index is 0.170. The number of carbonyl (C=O) groups is 1. The number of carboxylic acid groups (broad SMARTS) is 1. The number of ether oxygens (including phenoxy) is 1. The zero-order valence-corrected chi connectivity index (χ0v) is 11.0. The predicted octanol–water partition coefficient (Wildman–Crippen LogP) is 1.96. The summed E-state index contributed by atoms with van der Waals surface area (Å²) < 4.78 is 5.93. The maximum Gasteiger partial charge on any atom is 0.320 e. The standard InChI is InChI=1S/C14H19NO3/c1-9(13(16)17)15-8-11-6-4-5-10-7-14(2,3)18-12(10)11/h4-6,9,15H,7-8H2,1-3H3,(H,16,17). The van der Waals surface area contributed by atoms with Gasteiger partial charge in [-0.2, -0.15) is 0 Å². The molecule has 0 aromatic heterocycles. The van der Waals surface area contributed by atoms with Gasteiger partial charge in [-0.1, -0.05) is 18.2 Å². The van der Waals surface area contributed by atoms with E-state index in [1.165, 1.54) is 5.56 Å². The Morgan fingerprint density at radius 1 is 1.56 bits per heavy atom. The molecule has 0 fully saturated rings. The molecule has 1 heterocycles. The summed E-state index contributed by atoms with van der Waals surface area (Å²) in [5, 5.41) is 11.8. The molecule has 0 amide bonds. The van der Waals surface area contributed by atoms with Gasteiger partial charge in [0.1, 0.15) is 17.4 Å². The van der Waals surface area contributed by atoms with Crippen molar-refractivity contribution in [2.75, 3.05) is 0 Å². The van der Waals surface area contributed by atoms with E-state index in [0.717, 1.165) is 17.7 Å². The molecule has 1 unspecified atom stereocenters. The number of carboxylic acids is 1. The van der Waals surface area contributed by atoms with Crippen LogP contribution in [-0.2, 0) is 17.8 Å². The molecular formula is C14H19NO3. The van der Waals surface area contributed by atoms with E-state index in [0.29, 0.717) is 6.54 Å². The first-order valence-corrected chi connectivity index (χ1v) is 6.15. The molecule has 1 aliphatic heterocycles. The Morgan fingerprint density at radius 3 is 2.94 bits per heavy atom. The van der Waals surface area contributed by atoms with E-state index in [9.17, 15) is 4.79 Å². The molecule has 98 valence electrons. The highest BCUT2D eigenvalue weighted by Gasteiger charge is 2.31. The van der Waals surface area contributed by atoms with Crippen LogP contribution < -0.4 is 10.1 Å². The zero-order valence-electron chi connectivity index (χ0n) is 11.0. The quantitative estimate of drug-likeness (QED) is 0.856. The van der Waals surface area contributed by atoms with Gasteiger partial charge in [0.15, 0.2) is 0 Å². The van der Waals surface area contributed by atoms with E-state index in [-0.39, 0.29) is 5.60 Å². The number of rotatable bonds is 4. The molecule has 0 spiro atoms. The van der Waals surface area contributed by atoms with Crippen LogP contribution in [0.4, 0.5) is 0 Å². The third-order valence-electron chi connectivity index (χ3n) is 3.14. The molecule has 1 aliphatic rings. The lowest BCUT2D eigenvalue weighted by Gasteiger charge is -2.18. The van der Waals surface area contributed by atoms with Crippen LogP contribution in [0.2, 0.25) is 0 Å². The fourth-order valence-corrected chi connectivity index (χ4v) is 2.17. The summed E-state index contributed by atoms with van der Waals surface area (Å²) >= 11 is 0. The fourth-order valence-electron chi connectivity index (χ4n) is 2.17. The van der Waals surface area contributed by atoms with E-state index in [2.05, 4.69) is 25.2 Å². The van der Waals surface area contributed by atoms with Crippen molar-refractivity contribution in [2.45, 2.75) is 45.4 Å². The second kappa shape index (κ2) is 4.61. The first-order valence-electron chi connectivity index (χ1n) is 6.15. The highest BCUT2D eigenvalue weighted by Crippen LogP contribution is 2.37. The second-order valence-corrected chi connectivity index (χ2v) is 5.38. The Balaban J connectivity index is 2.12. The molecule has 18 heavy (non-hydrogen) atoms. The van der Waals surface area contributed by atoms with Gasteiger partial charge in [-0.3, -0.25) is 4.79 Å². The zero-order chi connectivity index (χ0) is 13.3. The summed E-state index contributed by atoms with van der Waals surface area (Å²) in [6.07, 6.45) is 0.894. The van der Waals surface area contributed by atoms with Gasteiger partial charge >= 0.3 is 5.97 Å². The van der Waals surface area contributed by atoms with Crippen LogP contribution in [0.25, 0.3) is 0 Å². The van der Waals surface area contributed by atoms with Gasteiger partial charge in [-0.15, -0.1) is 0 Å². The van der Waals surface area contributed by atoms with Gasteiger partial charge in [0, 0.05) is 18.5 Å². The molecule has 0 bridgehead atoms. The van der Waals surface area contributed by atoms with Gasteiger partial charge < -0.3 is 15.2 Å². The van der Waals surface area contributed by atoms with Crippen molar-refractivity contribution in [1.82, 2.24) is 5.32 Å². The number of hydrogen-bond acceptors (Lipinski definition) is 3. The van der Waals surface area contributed by atoms with E-state index >= 15 is 0 Å². The lowest BCUT2D eigenvalue weighted by atomic mass is 10.0. The average Bonchev–Trinajstić information content (AvgIpc) is 2.59. The van der Waals surface area contributed by atoms with Gasteiger partial charge in [0.25, 0.3) is 0 Å². The molecule has 0 saturated carbocycles. The van der Waals surface area contributed by atoms with Crippen molar-refractivity contribution < 1.29 is 14.6 Å². The molecule has 4 heteroatoms. The van der Waals surface area contributed by atoms with Gasteiger partial charge in [0.2, 0.25) is 0 Å². The topological polar surface area (TPSA) is 58.6 Å². The first kappa shape index (κ1) is 12.9. The third kappa shape index (κ3) is 2.64. The first-order chi connectivity index (χ1) is 8.39. The van der Waals surface area contributed by atoms with Crippen molar-refractivity contribution in [2.24, 2.45) is 0 Å². The maximum absolute atomic E-state index is 10.8. The van der Waals surface area contributed by atoms with Crippen molar-refractivity contribution >= 4 is 5.97 Å². The maximum atomic E-state index is 10.8. The van der Waals surface area contributed by atoms with Crippen LogP contribution >= 0.6 is 0 Å². The number of para-hydroxylation sites is 1. The lowest BCUT2D eigenvalue weighted by molar-refractivity contribution is -0.139. The number of benzene rings is 1. The Kier molecular flexibility index (Phi) is 3.30. The molecular weight excluding hydrogens is 230 g/mol. The smallest absolute Gasteiger partial charge is 0.320 e. The summed E-state index contributed by atoms with van der Waals surface area (Å²) in [6, 6.07) is 5.47. The molecule has 0 aliphatic carbocycles. The summed E-state index contributed by atoms with van der Waals surface area (Å²) in [6.45, 7) is 6.26. The molecule has 1 atom stereocenters. The van der Waals surface area contributed by atoms with E-state index in [1.807, 2.05) is 12.1 Å². The van der Waals surface area contributed by atoms with Crippen molar-refractivity contribution in [3.63, 3.8) is 0 Å². The average molecular weight is 249 g/mol. The minimum atomic E-state index is -0.844. The van der Waals surface area contributed by atoms with E-state index in [1.54, 1.807) is 6.92 Å². The molecule has 2 N–H and O–H groups in total. The predicted molar refractivity (Wildman–Crippen MR) is 68.8 cm³/mol. The van der Waals surface area contributed by atoms with E-state index < -0.39 is 12.0 Å².